The highest BCUT2D eigenvalue weighted by Crippen LogP contribution is 2.27. The van der Waals surface area contributed by atoms with Crippen LogP contribution < -0.4 is 16.0 Å². The van der Waals surface area contributed by atoms with Crippen LogP contribution in [0.25, 0.3) is 0 Å². The van der Waals surface area contributed by atoms with Crippen molar-refractivity contribution < 1.29 is 8.42 Å². The molecule has 3 N–H and O–H groups in total. The smallest absolute Gasteiger partial charge is 0.242 e. The number of sulfonamides is 1. The molecule has 0 saturated carbocycles. The van der Waals surface area contributed by atoms with E-state index in [0.29, 0.717) is 5.69 Å². The lowest BCUT2D eigenvalue weighted by molar-refractivity contribution is 0.520. The van der Waals surface area contributed by atoms with Crippen molar-refractivity contribution in [3.05, 3.63) is 18.2 Å². The van der Waals surface area contributed by atoms with Crippen molar-refractivity contribution in [2.24, 2.45) is 0 Å². The Morgan fingerprint density at radius 2 is 1.89 bits per heavy atom. The number of piperazine rings is 1. The van der Waals surface area contributed by atoms with Crippen molar-refractivity contribution >= 4 is 21.4 Å². The Labute approximate surface area is 114 Å². The number of anilines is 2. The maximum absolute atomic E-state index is 12.1. The number of hydrogen-bond donors (Lipinski definition) is 2. The molecule has 0 spiro atoms. The van der Waals surface area contributed by atoms with Gasteiger partial charge in [-0.05, 0) is 18.2 Å². The van der Waals surface area contributed by atoms with Gasteiger partial charge in [0, 0.05) is 40.3 Å². The van der Waals surface area contributed by atoms with E-state index in [1.165, 1.54) is 18.4 Å². The Morgan fingerprint density at radius 3 is 2.47 bits per heavy atom. The van der Waals surface area contributed by atoms with Gasteiger partial charge in [0.15, 0.2) is 0 Å². The van der Waals surface area contributed by atoms with E-state index in [4.69, 9.17) is 5.73 Å². The van der Waals surface area contributed by atoms with Gasteiger partial charge in [-0.2, -0.15) is 0 Å². The SMILES string of the molecule is CN(C)S(=O)(=O)c1ccc(N)c(N2CCNCC2)c1. The molecule has 1 aromatic carbocycles. The number of benzene rings is 1. The van der Waals surface area contributed by atoms with Crippen molar-refractivity contribution in [2.45, 2.75) is 4.90 Å². The molecular weight excluding hydrogens is 264 g/mol. The number of rotatable bonds is 3. The van der Waals surface area contributed by atoms with Gasteiger partial charge in [-0.1, -0.05) is 0 Å². The highest BCUT2D eigenvalue weighted by Gasteiger charge is 2.20. The van der Waals surface area contributed by atoms with Gasteiger partial charge in [-0.25, -0.2) is 12.7 Å². The molecular formula is C12H20N4O2S. The number of hydrogen-bond acceptors (Lipinski definition) is 5. The first-order valence-corrected chi connectivity index (χ1v) is 7.64. The second-order valence-corrected chi connectivity index (χ2v) is 6.90. The summed E-state index contributed by atoms with van der Waals surface area (Å²) in [4.78, 5) is 2.39. The molecule has 1 saturated heterocycles. The van der Waals surface area contributed by atoms with Gasteiger partial charge >= 0.3 is 0 Å². The van der Waals surface area contributed by atoms with E-state index in [2.05, 4.69) is 10.2 Å². The Kier molecular flexibility index (Phi) is 3.98. The van der Waals surface area contributed by atoms with Crippen molar-refractivity contribution in [3.8, 4) is 0 Å². The van der Waals surface area contributed by atoms with Crippen LogP contribution in [0.3, 0.4) is 0 Å². The lowest BCUT2D eigenvalue weighted by atomic mass is 10.2. The molecule has 1 aromatic rings. The van der Waals surface area contributed by atoms with Crippen molar-refractivity contribution in [3.63, 3.8) is 0 Å². The fourth-order valence-electron chi connectivity index (χ4n) is 2.07. The van der Waals surface area contributed by atoms with E-state index < -0.39 is 10.0 Å². The van der Waals surface area contributed by atoms with Crippen molar-refractivity contribution in [1.29, 1.82) is 0 Å². The normalized spacial score (nSPS) is 16.9. The minimum Gasteiger partial charge on any atom is -0.397 e. The number of nitrogens with one attached hydrogen (secondary N) is 1. The van der Waals surface area contributed by atoms with Crippen LogP contribution in [-0.4, -0.2) is 53.0 Å². The number of nitrogen functional groups attached to an aromatic ring is 1. The molecule has 1 aliphatic rings. The third-order valence-corrected chi connectivity index (χ3v) is 5.05. The van der Waals surface area contributed by atoms with Crippen LogP contribution in [0.1, 0.15) is 0 Å². The third kappa shape index (κ3) is 2.83. The van der Waals surface area contributed by atoms with E-state index in [1.54, 1.807) is 18.2 Å². The predicted octanol–water partition coefficient (Wildman–Crippen LogP) is -0.0713. The van der Waals surface area contributed by atoms with Crippen LogP contribution in [-0.2, 0) is 10.0 Å². The first-order chi connectivity index (χ1) is 8.93. The third-order valence-electron chi connectivity index (χ3n) is 3.24. The highest BCUT2D eigenvalue weighted by atomic mass is 32.2. The standard InChI is InChI=1S/C12H20N4O2S/c1-15(2)19(17,18)10-3-4-11(13)12(9-10)16-7-5-14-6-8-16/h3-4,9,14H,5-8,13H2,1-2H3. The monoisotopic (exact) mass is 284 g/mol. The molecule has 0 aromatic heterocycles. The zero-order valence-corrected chi connectivity index (χ0v) is 12.1. The molecule has 1 heterocycles. The van der Waals surface area contributed by atoms with Crippen LogP contribution in [0.5, 0.6) is 0 Å². The van der Waals surface area contributed by atoms with Gasteiger partial charge in [-0.15, -0.1) is 0 Å². The quantitative estimate of drug-likeness (QED) is 0.760. The summed E-state index contributed by atoms with van der Waals surface area (Å²) < 4.78 is 25.5. The highest BCUT2D eigenvalue weighted by molar-refractivity contribution is 7.89. The molecule has 1 aliphatic heterocycles. The summed E-state index contributed by atoms with van der Waals surface area (Å²) in [6.45, 7) is 3.42. The predicted molar refractivity (Wildman–Crippen MR) is 76.8 cm³/mol. The van der Waals surface area contributed by atoms with E-state index >= 15 is 0 Å². The zero-order chi connectivity index (χ0) is 14.0. The first kappa shape index (κ1) is 14.1. The minimum atomic E-state index is -3.42. The summed E-state index contributed by atoms with van der Waals surface area (Å²) in [7, 11) is -0.371. The van der Waals surface area contributed by atoms with Crippen molar-refractivity contribution in [2.75, 3.05) is 50.9 Å². The lowest BCUT2D eigenvalue weighted by Crippen LogP contribution is -2.43. The van der Waals surface area contributed by atoms with Crippen LogP contribution in [0.2, 0.25) is 0 Å². The molecule has 0 unspecified atom stereocenters. The topological polar surface area (TPSA) is 78.7 Å². The Morgan fingerprint density at radius 1 is 1.26 bits per heavy atom. The average Bonchev–Trinajstić information content (AvgIpc) is 2.39. The van der Waals surface area contributed by atoms with E-state index in [0.717, 1.165) is 31.9 Å². The van der Waals surface area contributed by atoms with Crippen LogP contribution in [0, 0.1) is 0 Å². The molecule has 106 valence electrons. The molecule has 19 heavy (non-hydrogen) atoms. The maximum Gasteiger partial charge on any atom is 0.242 e. The van der Waals surface area contributed by atoms with Crippen molar-refractivity contribution in [1.82, 2.24) is 9.62 Å². The molecule has 0 bridgehead atoms. The maximum atomic E-state index is 12.1. The van der Waals surface area contributed by atoms with Crippen LogP contribution in [0.4, 0.5) is 11.4 Å². The fraction of sp³-hybridized carbons (Fsp3) is 0.500. The van der Waals surface area contributed by atoms with E-state index in [-0.39, 0.29) is 4.90 Å². The summed E-state index contributed by atoms with van der Waals surface area (Å²) >= 11 is 0. The second-order valence-electron chi connectivity index (χ2n) is 4.75. The lowest BCUT2D eigenvalue weighted by Gasteiger charge is -2.30. The molecule has 0 atom stereocenters. The van der Waals surface area contributed by atoms with Gasteiger partial charge in [0.05, 0.1) is 16.3 Å². The van der Waals surface area contributed by atoms with Gasteiger partial charge < -0.3 is 16.0 Å². The van der Waals surface area contributed by atoms with E-state index in [1.807, 2.05) is 0 Å². The number of nitrogens with two attached hydrogens (primary N) is 1. The Bertz CT molecular complexity index is 551. The van der Waals surface area contributed by atoms with Crippen LogP contribution in [0.15, 0.2) is 23.1 Å². The molecule has 7 heteroatoms. The molecule has 2 rings (SSSR count). The molecule has 0 aliphatic carbocycles. The number of nitrogens with zero attached hydrogens (tertiary/aromatic N) is 2. The summed E-state index contributed by atoms with van der Waals surface area (Å²) in [6, 6.07) is 4.88. The first-order valence-electron chi connectivity index (χ1n) is 6.20. The largest absolute Gasteiger partial charge is 0.397 e. The Hall–Kier alpha value is -1.31. The molecule has 1 fully saturated rings. The summed E-state index contributed by atoms with van der Waals surface area (Å²) in [5, 5.41) is 3.26. The average molecular weight is 284 g/mol. The second kappa shape index (κ2) is 5.36. The minimum absolute atomic E-state index is 0.278. The van der Waals surface area contributed by atoms with Gasteiger partial charge in [-0.3, -0.25) is 0 Å². The summed E-state index contributed by atoms with van der Waals surface area (Å²) in [5.41, 5.74) is 7.38. The molecule has 6 nitrogen and oxygen atoms in total. The van der Waals surface area contributed by atoms with Crippen LogP contribution >= 0.6 is 0 Å². The fourth-order valence-corrected chi connectivity index (χ4v) is 3.00. The van der Waals surface area contributed by atoms with Gasteiger partial charge in [0.1, 0.15) is 0 Å². The summed E-state index contributed by atoms with van der Waals surface area (Å²) in [5.74, 6) is 0. The van der Waals surface area contributed by atoms with Gasteiger partial charge in [0.25, 0.3) is 0 Å². The van der Waals surface area contributed by atoms with Gasteiger partial charge in [0.2, 0.25) is 10.0 Å². The molecule has 0 amide bonds. The summed E-state index contributed by atoms with van der Waals surface area (Å²) in [6.07, 6.45) is 0. The molecule has 0 radical (unpaired) electrons. The zero-order valence-electron chi connectivity index (χ0n) is 11.3. The van der Waals surface area contributed by atoms with E-state index in [9.17, 15) is 8.42 Å². The Balaban J connectivity index is 2.40.